The predicted molar refractivity (Wildman–Crippen MR) is 37.1 cm³/mol. The van der Waals surface area contributed by atoms with E-state index in [1.54, 1.807) is 4.72 Å². The van der Waals surface area contributed by atoms with E-state index in [0.717, 1.165) is 0 Å². The molecule has 0 aromatic carbocycles. The van der Waals surface area contributed by atoms with Crippen molar-refractivity contribution in [2.24, 2.45) is 0 Å². The molecule has 0 bridgehead atoms. The monoisotopic (exact) mass is 197 g/mol. The summed E-state index contributed by atoms with van der Waals surface area (Å²) in [6, 6.07) is -1.59. The highest BCUT2D eigenvalue weighted by Crippen LogP contribution is 1.91. The fraction of sp³-hybridized carbons (Fsp3) is 0.500. The van der Waals surface area contributed by atoms with E-state index in [0.29, 0.717) is 0 Å². The maximum Gasteiger partial charge on any atom is 0.322 e. The molecule has 7 nitrogen and oxygen atoms in total. The predicted octanol–water partition coefficient (Wildman–Crippen LogP) is -1.97. The summed E-state index contributed by atoms with van der Waals surface area (Å²) in [6.45, 7) is 0. The summed E-state index contributed by atoms with van der Waals surface area (Å²) in [5.41, 5.74) is 0. The van der Waals surface area contributed by atoms with Crippen molar-refractivity contribution in [2.45, 2.75) is 12.5 Å². The van der Waals surface area contributed by atoms with E-state index in [2.05, 4.69) is 0 Å². The molecule has 0 radical (unpaired) electrons. The lowest BCUT2D eigenvalue weighted by molar-refractivity contribution is -0.145. The molecule has 0 aromatic heterocycles. The first kappa shape index (κ1) is 10.8. The highest BCUT2D eigenvalue weighted by Gasteiger charge is 2.20. The van der Waals surface area contributed by atoms with Crippen LogP contribution in [-0.2, 0) is 20.5 Å². The molecule has 0 spiro atoms. The molecule has 0 aliphatic carbocycles. The van der Waals surface area contributed by atoms with Gasteiger partial charge in [-0.15, -0.1) is 0 Å². The van der Waals surface area contributed by atoms with Crippen molar-refractivity contribution in [3.8, 4) is 0 Å². The van der Waals surface area contributed by atoms with E-state index in [4.69, 9.17) is 10.2 Å². The average molecular weight is 197 g/mol. The minimum atomic E-state index is -3.10. The largest absolute Gasteiger partial charge is 0.481 e. The molecule has 0 unspecified atom stereocenters. The van der Waals surface area contributed by atoms with Crippen LogP contribution in [-0.4, -0.2) is 36.6 Å². The lowest BCUT2D eigenvalue weighted by Crippen LogP contribution is -2.37. The maximum atomic E-state index is 10.2. The molecular weight excluding hydrogens is 190 g/mol. The van der Waals surface area contributed by atoms with Gasteiger partial charge in [0.1, 0.15) is 6.04 Å². The molecule has 0 saturated carbocycles. The van der Waals surface area contributed by atoms with Gasteiger partial charge in [-0.2, -0.15) is 0 Å². The Hall–Kier alpha value is -1.15. The fourth-order valence-corrected chi connectivity index (χ4v) is 0.946. The van der Waals surface area contributed by atoms with Crippen molar-refractivity contribution in [1.82, 2.24) is 4.72 Å². The average Bonchev–Trinajstić information content (AvgIpc) is 1.83. The number of aliphatic carboxylic acids is 2. The molecule has 0 rings (SSSR count). The Labute approximate surface area is 69.1 Å². The number of thiol groups is 1. The number of hydrogen-bond acceptors (Lipinski definition) is 4. The van der Waals surface area contributed by atoms with Crippen LogP contribution < -0.4 is 4.72 Å². The van der Waals surface area contributed by atoms with Gasteiger partial charge in [-0.3, -0.25) is 9.59 Å². The lowest BCUT2D eigenvalue weighted by atomic mass is 10.2. The van der Waals surface area contributed by atoms with Crippen molar-refractivity contribution >= 4 is 22.8 Å². The van der Waals surface area contributed by atoms with Crippen LogP contribution >= 0.6 is 0 Å². The number of hydrogen-bond donors (Lipinski definition) is 4. The zero-order valence-electron chi connectivity index (χ0n) is 5.76. The molecule has 0 aliphatic rings. The summed E-state index contributed by atoms with van der Waals surface area (Å²) < 4.78 is 21.5. The molecule has 8 heteroatoms. The zero-order valence-corrected chi connectivity index (χ0v) is 6.65. The van der Waals surface area contributed by atoms with Crippen LogP contribution in [0.3, 0.4) is 0 Å². The topological polar surface area (TPSA) is 121 Å². The molecule has 12 heavy (non-hydrogen) atoms. The van der Waals surface area contributed by atoms with Crippen LogP contribution in [0.4, 0.5) is 0 Å². The summed E-state index contributed by atoms with van der Waals surface area (Å²) in [6.07, 6.45) is -0.779. The van der Waals surface area contributed by atoms with E-state index < -0.39 is 35.3 Å². The van der Waals surface area contributed by atoms with Crippen molar-refractivity contribution in [3.05, 3.63) is 0 Å². The van der Waals surface area contributed by atoms with Gasteiger partial charge in [-0.1, -0.05) is 0 Å². The third-order valence-corrected chi connectivity index (χ3v) is 1.46. The lowest BCUT2D eigenvalue weighted by Gasteiger charge is -2.05. The van der Waals surface area contributed by atoms with Gasteiger partial charge in [0.15, 0.2) is 0 Å². The van der Waals surface area contributed by atoms with Gasteiger partial charge in [0.25, 0.3) is 0 Å². The van der Waals surface area contributed by atoms with Gasteiger partial charge < -0.3 is 10.2 Å². The second-order valence-corrected chi connectivity index (χ2v) is 2.65. The third kappa shape index (κ3) is 4.63. The Kier molecular flexibility index (Phi) is 4.22. The van der Waals surface area contributed by atoms with Gasteiger partial charge in [-0.25, -0.2) is 13.1 Å². The van der Waals surface area contributed by atoms with E-state index in [9.17, 15) is 18.0 Å². The number of rotatable bonds is 5. The van der Waals surface area contributed by atoms with Gasteiger partial charge in [0, 0.05) is 0 Å². The van der Waals surface area contributed by atoms with E-state index in [1.807, 2.05) is 0 Å². The summed E-state index contributed by atoms with van der Waals surface area (Å²) in [5, 5.41) is 16.4. The Morgan fingerprint density at radius 1 is 1.33 bits per heavy atom. The van der Waals surface area contributed by atoms with E-state index >= 15 is 0 Å². The molecule has 1 atom stereocenters. The molecule has 0 aliphatic heterocycles. The summed E-state index contributed by atoms with van der Waals surface area (Å²) >= 11 is 0. The molecule has 70 valence electrons. The minimum absolute atomic E-state index is 0.779. The first-order valence-corrected chi connectivity index (χ1v) is 3.96. The quantitative estimate of drug-likeness (QED) is 0.379. The van der Waals surface area contributed by atoms with Crippen molar-refractivity contribution in [1.29, 1.82) is 0 Å². The van der Waals surface area contributed by atoms with Gasteiger partial charge in [0.2, 0.25) is 10.9 Å². The van der Waals surface area contributed by atoms with Gasteiger partial charge in [0.05, 0.1) is 6.42 Å². The van der Waals surface area contributed by atoms with Crippen LogP contribution in [0, 0.1) is 0 Å². The van der Waals surface area contributed by atoms with Crippen molar-refractivity contribution in [2.75, 3.05) is 0 Å². The van der Waals surface area contributed by atoms with Crippen molar-refractivity contribution in [3.63, 3.8) is 0 Å². The first-order chi connectivity index (χ1) is 5.43. The summed E-state index contributed by atoms with van der Waals surface area (Å²) in [4.78, 5) is 20.2. The Bertz CT molecular complexity index is 250. The normalized spacial score (nSPS) is 12.8. The van der Waals surface area contributed by atoms with E-state index in [1.165, 1.54) is 0 Å². The standard InChI is InChI=1S/C4H7NO6S/c6-3(7)1-2(4(8)9)5-12(10)11/h2,12H,1H2,(H,6,7)(H,8,9)(H,5,10,11)/t2-/m1/s1. The maximum absolute atomic E-state index is 10.2. The Morgan fingerprint density at radius 2 is 1.83 bits per heavy atom. The van der Waals surface area contributed by atoms with Crippen LogP contribution in [0.1, 0.15) is 6.42 Å². The highest BCUT2D eigenvalue weighted by atomic mass is 32.2. The highest BCUT2D eigenvalue weighted by molar-refractivity contribution is 7.70. The summed E-state index contributed by atoms with van der Waals surface area (Å²) in [5.74, 6) is -2.90. The van der Waals surface area contributed by atoms with Crippen LogP contribution in [0.15, 0.2) is 0 Å². The fourth-order valence-electron chi connectivity index (χ4n) is 0.490. The number of carboxylic acids is 2. The second kappa shape index (κ2) is 4.67. The van der Waals surface area contributed by atoms with Crippen LogP contribution in [0.25, 0.3) is 0 Å². The van der Waals surface area contributed by atoms with Crippen molar-refractivity contribution < 1.29 is 28.2 Å². The Balaban J connectivity index is 4.23. The molecule has 3 N–H and O–H groups in total. The molecule has 0 aromatic rings. The minimum Gasteiger partial charge on any atom is -0.481 e. The van der Waals surface area contributed by atoms with Gasteiger partial charge in [-0.05, 0) is 0 Å². The summed E-state index contributed by atoms with van der Waals surface area (Å²) in [7, 11) is -3.10. The zero-order chi connectivity index (χ0) is 9.72. The van der Waals surface area contributed by atoms with Gasteiger partial charge >= 0.3 is 11.9 Å². The number of nitrogens with one attached hydrogen (secondary N) is 1. The number of carbonyl (C=O) groups is 2. The number of carboxylic acid groups (broad SMARTS) is 2. The Morgan fingerprint density at radius 3 is 2.08 bits per heavy atom. The molecule has 0 heterocycles. The molecule has 0 fully saturated rings. The third-order valence-electron chi connectivity index (χ3n) is 0.938. The smallest absolute Gasteiger partial charge is 0.322 e. The van der Waals surface area contributed by atoms with Crippen LogP contribution in [0.2, 0.25) is 0 Å². The second-order valence-electron chi connectivity index (χ2n) is 1.87. The molecule has 0 amide bonds. The SMILES string of the molecule is O=C(O)C[C@@H](N[SH](=O)=O)C(=O)O. The molecular formula is C4H7NO6S. The van der Waals surface area contributed by atoms with E-state index in [-0.39, 0.29) is 0 Å². The molecule has 0 saturated heterocycles. The van der Waals surface area contributed by atoms with Crippen LogP contribution in [0.5, 0.6) is 0 Å². The first-order valence-electron chi connectivity index (χ1n) is 2.78.